The van der Waals surface area contributed by atoms with E-state index in [1.807, 2.05) is 0 Å². The highest BCUT2D eigenvalue weighted by Crippen LogP contribution is 2.34. The van der Waals surface area contributed by atoms with Crippen LogP contribution in [0.15, 0.2) is 79.8 Å². The van der Waals surface area contributed by atoms with Crippen LogP contribution in [-0.2, 0) is 0 Å². The molecule has 0 unspecified atom stereocenters. The van der Waals surface area contributed by atoms with Crippen LogP contribution in [0.1, 0.15) is 26.3 Å². The van der Waals surface area contributed by atoms with E-state index in [1.165, 1.54) is 0 Å². The van der Waals surface area contributed by atoms with E-state index in [4.69, 9.17) is 0 Å². The van der Waals surface area contributed by atoms with Crippen molar-refractivity contribution in [1.82, 2.24) is 14.6 Å². The first-order chi connectivity index (χ1) is 15.9. The van der Waals surface area contributed by atoms with Gasteiger partial charge in [0, 0.05) is 9.86 Å². The smallest absolute Gasteiger partial charge is 0.335 e. The fraction of sp³-hybridized carbons (Fsp3) is 0. The van der Waals surface area contributed by atoms with Crippen molar-refractivity contribution in [2.75, 3.05) is 0 Å². The molecule has 0 atom stereocenters. The number of amides is 2. The molecule has 0 bridgehead atoms. The van der Waals surface area contributed by atoms with Gasteiger partial charge in [0.2, 0.25) is 5.88 Å². The summed E-state index contributed by atoms with van der Waals surface area (Å²) in [5.41, 5.74) is -1.31. The molecular weight excluding hydrogens is 492 g/mol. The number of nitrogens with zero attached hydrogens (tertiary/aromatic N) is 3. The van der Waals surface area contributed by atoms with Crippen molar-refractivity contribution in [3.8, 4) is 11.6 Å². The lowest BCUT2D eigenvalue weighted by atomic mass is 9.95. The number of hydrogen-bond acceptors (Lipinski definition) is 6. The number of H-pyrrole nitrogens is 1. The van der Waals surface area contributed by atoms with Gasteiger partial charge >= 0.3 is 5.69 Å². The molecule has 162 valence electrons. The largest absolute Gasteiger partial charge is 0.493 e. The maximum Gasteiger partial charge on any atom is 0.335 e. The van der Waals surface area contributed by atoms with Crippen molar-refractivity contribution >= 4 is 44.7 Å². The average Bonchev–Trinajstić information content (AvgIpc) is 2.80. The van der Waals surface area contributed by atoms with Gasteiger partial charge in [0.25, 0.3) is 17.4 Å². The Balaban J connectivity index is 1.62. The van der Waals surface area contributed by atoms with Crippen LogP contribution in [0.5, 0.6) is 5.88 Å². The van der Waals surface area contributed by atoms with E-state index in [-0.39, 0.29) is 16.7 Å². The summed E-state index contributed by atoms with van der Waals surface area (Å²) in [6, 6.07) is 16.5. The second kappa shape index (κ2) is 7.68. The molecule has 0 saturated heterocycles. The molecule has 1 aromatic heterocycles. The van der Waals surface area contributed by atoms with Crippen molar-refractivity contribution in [3.05, 3.63) is 103 Å². The van der Waals surface area contributed by atoms with Crippen LogP contribution in [0.3, 0.4) is 0 Å². The number of aromatic amines is 1. The molecule has 0 aliphatic carbocycles. The molecule has 1 aliphatic rings. The van der Waals surface area contributed by atoms with Gasteiger partial charge < -0.3 is 5.11 Å². The Morgan fingerprint density at radius 2 is 1.58 bits per heavy atom. The molecule has 33 heavy (non-hydrogen) atoms. The predicted octanol–water partition coefficient (Wildman–Crippen LogP) is 2.78. The minimum atomic E-state index is -0.920. The fourth-order valence-corrected chi connectivity index (χ4v) is 4.20. The number of carbonyl (C=O) groups excluding carboxylic acids is 2. The van der Waals surface area contributed by atoms with Crippen molar-refractivity contribution in [2.24, 2.45) is 5.10 Å². The van der Waals surface area contributed by atoms with Crippen LogP contribution < -0.4 is 11.2 Å². The van der Waals surface area contributed by atoms with Gasteiger partial charge in [-0.25, -0.2) is 9.36 Å². The predicted molar refractivity (Wildman–Crippen MR) is 124 cm³/mol. The number of halogens is 1. The van der Waals surface area contributed by atoms with E-state index < -0.39 is 28.9 Å². The molecule has 2 N–H and O–H groups in total. The fourth-order valence-electron chi connectivity index (χ4n) is 3.74. The zero-order valence-corrected chi connectivity index (χ0v) is 18.2. The molecule has 1 aliphatic heterocycles. The monoisotopic (exact) mass is 504 g/mol. The Hall–Kier alpha value is -4.31. The first-order valence-electron chi connectivity index (χ1n) is 9.66. The second-order valence-electron chi connectivity index (χ2n) is 7.16. The first-order valence-corrected chi connectivity index (χ1v) is 10.5. The Kier molecular flexibility index (Phi) is 4.79. The SMILES string of the molecule is O=C1c2cccc3c(Br)ccc(c23)C(=O)N1/N=C/c1c(O)n(-c2ccccc2)c(=O)[nH]c1=O. The van der Waals surface area contributed by atoms with E-state index in [9.17, 15) is 24.3 Å². The van der Waals surface area contributed by atoms with E-state index >= 15 is 0 Å². The highest BCUT2D eigenvalue weighted by molar-refractivity contribution is 9.10. The quantitative estimate of drug-likeness (QED) is 0.327. The highest BCUT2D eigenvalue weighted by atomic mass is 79.9. The number of carbonyl (C=O) groups is 2. The molecular formula is C23H13BrN4O5. The topological polar surface area (TPSA) is 125 Å². The third-order valence-electron chi connectivity index (χ3n) is 5.27. The second-order valence-corrected chi connectivity index (χ2v) is 8.01. The van der Waals surface area contributed by atoms with Crippen LogP contribution in [0.4, 0.5) is 0 Å². The van der Waals surface area contributed by atoms with Gasteiger partial charge in [0.1, 0.15) is 5.56 Å². The molecule has 2 amide bonds. The summed E-state index contributed by atoms with van der Waals surface area (Å²) in [6.07, 6.45) is 0.882. The zero-order chi connectivity index (χ0) is 23.3. The van der Waals surface area contributed by atoms with Crippen LogP contribution in [-0.4, -0.2) is 37.7 Å². The molecule has 4 aromatic rings. The minimum Gasteiger partial charge on any atom is -0.493 e. The lowest BCUT2D eigenvalue weighted by Gasteiger charge is -2.23. The van der Waals surface area contributed by atoms with E-state index in [1.54, 1.807) is 60.7 Å². The Bertz CT molecular complexity index is 1600. The van der Waals surface area contributed by atoms with Gasteiger partial charge in [0.05, 0.1) is 23.0 Å². The number of para-hydroxylation sites is 1. The lowest BCUT2D eigenvalue weighted by Crippen LogP contribution is -2.37. The van der Waals surface area contributed by atoms with Gasteiger partial charge in [-0.2, -0.15) is 10.1 Å². The summed E-state index contributed by atoms with van der Waals surface area (Å²) >= 11 is 3.42. The summed E-state index contributed by atoms with van der Waals surface area (Å²) in [5.74, 6) is -2.04. The number of hydrazone groups is 1. The molecule has 0 fully saturated rings. The molecule has 0 saturated carbocycles. The molecule has 3 aromatic carbocycles. The summed E-state index contributed by atoms with van der Waals surface area (Å²) in [7, 11) is 0. The minimum absolute atomic E-state index is 0.271. The number of rotatable bonds is 3. The molecule has 9 nitrogen and oxygen atoms in total. The molecule has 0 spiro atoms. The molecule has 5 rings (SSSR count). The van der Waals surface area contributed by atoms with Gasteiger partial charge in [-0.1, -0.05) is 46.3 Å². The zero-order valence-electron chi connectivity index (χ0n) is 16.7. The summed E-state index contributed by atoms with van der Waals surface area (Å²) in [4.78, 5) is 52.8. The number of imide groups is 1. The van der Waals surface area contributed by atoms with E-state index in [2.05, 4.69) is 26.0 Å². The van der Waals surface area contributed by atoms with Gasteiger partial charge in [-0.3, -0.25) is 19.4 Å². The molecule has 2 heterocycles. The first kappa shape index (κ1) is 20.6. The van der Waals surface area contributed by atoms with Gasteiger partial charge in [0.15, 0.2) is 0 Å². The lowest BCUT2D eigenvalue weighted by molar-refractivity contribution is 0.0616. The third-order valence-corrected chi connectivity index (χ3v) is 5.96. The Labute approximate surface area is 193 Å². The van der Waals surface area contributed by atoms with Crippen LogP contribution >= 0.6 is 15.9 Å². The standard InChI is InChI=1S/C23H13BrN4O5/c24-17-10-9-15-18-13(17)7-4-8-14(18)21(31)28(22(15)32)25-11-16-19(29)26-23(33)27(20(16)30)12-5-2-1-3-6-12/h1-11,30H,(H,26,29,33)/b25-11+. The van der Waals surface area contributed by atoms with E-state index in [0.29, 0.717) is 21.5 Å². The van der Waals surface area contributed by atoms with Gasteiger partial charge in [-0.15, -0.1) is 0 Å². The van der Waals surface area contributed by atoms with Crippen LogP contribution in [0, 0.1) is 0 Å². The number of aromatic hydroxyl groups is 1. The normalized spacial score (nSPS) is 13.3. The van der Waals surface area contributed by atoms with Gasteiger partial charge in [-0.05, 0) is 35.7 Å². The maximum absolute atomic E-state index is 13.0. The number of nitrogens with one attached hydrogen (secondary N) is 1. The number of aromatic nitrogens is 2. The van der Waals surface area contributed by atoms with Crippen LogP contribution in [0.25, 0.3) is 16.5 Å². The van der Waals surface area contributed by atoms with Crippen molar-refractivity contribution in [1.29, 1.82) is 0 Å². The van der Waals surface area contributed by atoms with Crippen molar-refractivity contribution in [3.63, 3.8) is 0 Å². The van der Waals surface area contributed by atoms with E-state index in [0.717, 1.165) is 15.3 Å². The Morgan fingerprint density at radius 3 is 2.30 bits per heavy atom. The third kappa shape index (κ3) is 3.19. The van der Waals surface area contributed by atoms with Crippen LogP contribution in [0.2, 0.25) is 0 Å². The van der Waals surface area contributed by atoms with Crippen molar-refractivity contribution in [2.45, 2.75) is 0 Å². The summed E-state index contributed by atoms with van der Waals surface area (Å²) in [6.45, 7) is 0. The average molecular weight is 505 g/mol. The van der Waals surface area contributed by atoms with Crippen molar-refractivity contribution < 1.29 is 14.7 Å². The Morgan fingerprint density at radius 1 is 0.879 bits per heavy atom. The number of benzene rings is 3. The maximum atomic E-state index is 13.0. The number of hydrogen-bond donors (Lipinski definition) is 2. The molecule has 10 heteroatoms. The highest BCUT2D eigenvalue weighted by Gasteiger charge is 2.33. The summed E-state index contributed by atoms with van der Waals surface area (Å²) < 4.78 is 1.62. The molecule has 0 radical (unpaired) electrons. The summed E-state index contributed by atoms with van der Waals surface area (Å²) in [5, 5.41) is 16.4.